The van der Waals surface area contributed by atoms with Gasteiger partial charge >= 0.3 is 0 Å². The Kier molecular flexibility index (Phi) is 3.48. The van der Waals surface area contributed by atoms with E-state index in [1.165, 1.54) is 6.20 Å². The van der Waals surface area contributed by atoms with E-state index in [-0.39, 0.29) is 0 Å². The molecule has 0 atom stereocenters. The summed E-state index contributed by atoms with van der Waals surface area (Å²) in [5, 5.41) is 3.38. The smallest absolute Gasteiger partial charge is 0.118 e. The zero-order valence-corrected chi connectivity index (χ0v) is 4.89. The van der Waals surface area contributed by atoms with E-state index in [1.807, 2.05) is 0 Å². The predicted octanol–water partition coefficient (Wildman–Crippen LogP) is 0.754. The molecule has 0 saturated heterocycles. The van der Waals surface area contributed by atoms with Crippen molar-refractivity contribution in [3.8, 4) is 0 Å². The molecule has 0 aliphatic carbocycles. The highest BCUT2D eigenvalue weighted by atomic mass is 15.3. The standard InChI is InChI=1S/C5H9N3/c1-4-7-5(2)8-6-3/h4H,1,3H2,2H3,(H,7,8). The van der Waals surface area contributed by atoms with E-state index in [1.54, 1.807) is 6.92 Å². The summed E-state index contributed by atoms with van der Waals surface area (Å²) in [5.41, 5.74) is 2.54. The average Bonchev–Trinajstić information content (AvgIpc) is 1.68. The molecule has 44 valence electrons. The quantitative estimate of drug-likeness (QED) is 0.318. The summed E-state index contributed by atoms with van der Waals surface area (Å²) in [6, 6.07) is 0. The van der Waals surface area contributed by atoms with Crippen LogP contribution in [0.2, 0.25) is 0 Å². The first-order valence-electron chi connectivity index (χ1n) is 2.18. The lowest BCUT2D eigenvalue weighted by atomic mass is 10.7. The summed E-state index contributed by atoms with van der Waals surface area (Å²) in [7, 11) is 0. The monoisotopic (exact) mass is 111 g/mol. The molecule has 0 aromatic rings. The van der Waals surface area contributed by atoms with E-state index in [2.05, 4.69) is 28.8 Å². The van der Waals surface area contributed by atoms with Crippen LogP contribution in [0, 0.1) is 0 Å². The molecule has 0 spiro atoms. The van der Waals surface area contributed by atoms with Crippen molar-refractivity contribution in [2.45, 2.75) is 6.92 Å². The van der Waals surface area contributed by atoms with Crippen LogP contribution in [0.25, 0.3) is 0 Å². The topological polar surface area (TPSA) is 36.8 Å². The molecular weight excluding hydrogens is 102 g/mol. The highest BCUT2D eigenvalue weighted by Gasteiger charge is 1.77. The predicted molar refractivity (Wildman–Crippen MR) is 36.0 cm³/mol. The van der Waals surface area contributed by atoms with Gasteiger partial charge in [-0.3, -0.25) is 5.43 Å². The number of amidine groups is 1. The largest absolute Gasteiger partial charge is 0.266 e. The molecule has 0 amide bonds. The molecule has 3 heteroatoms. The van der Waals surface area contributed by atoms with Gasteiger partial charge in [-0.1, -0.05) is 6.58 Å². The van der Waals surface area contributed by atoms with Gasteiger partial charge in [0.25, 0.3) is 0 Å². The highest BCUT2D eigenvalue weighted by molar-refractivity contribution is 5.79. The number of hydrogen-bond donors (Lipinski definition) is 1. The fraction of sp³-hybridized carbons (Fsp3) is 0.200. The van der Waals surface area contributed by atoms with E-state index in [4.69, 9.17) is 0 Å². The van der Waals surface area contributed by atoms with Crippen LogP contribution < -0.4 is 5.43 Å². The molecule has 1 N–H and O–H groups in total. The second-order valence-corrected chi connectivity index (χ2v) is 1.17. The van der Waals surface area contributed by atoms with Gasteiger partial charge in [-0.15, -0.1) is 0 Å². The number of nitrogens with zero attached hydrogens (tertiary/aromatic N) is 2. The maximum Gasteiger partial charge on any atom is 0.118 e. The summed E-state index contributed by atoms with van der Waals surface area (Å²) in [5.74, 6) is 0.690. The van der Waals surface area contributed by atoms with E-state index >= 15 is 0 Å². The van der Waals surface area contributed by atoms with Gasteiger partial charge in [0.15, 0.2) is 0 Å². The van der Waals surface area contributed by atoms with Gasteiger partial charge < -0.3 is 0 Å². The lowest BCUT2D eigenvalue weighted by Gasteiger charge is -1.91. The SMILES string of the molecule is C=CN=C(C)NN=C. The minimum atomic E-state index is 0.690. The zero-order valence-electron chi connectivity index (χ0n) is 4.89. The van der Waals surface area contributed by atoms with Crippen LogP contribution in [0.1, 0.15) is 6.92 Å². The Bertz CT molecular complexity index is 115. The van der Waals surface area contributed by atoms with Crippen LogP contribution in [-0.4, -0.2) is 12.6 Å². The first-order chi connectivity index (χ1) is 3.81. The Balaban J connectivity index is 3.60. The average molecular weight is 111 g/mol. The highest BCUT2D eigenvalue weighted by Crippen LogP contribution is 1.70. The Morgan fingerprint density at radius 1 is 1.75 bits per heavy atom. The summed E-state index contributed by atoms with van der Waals surface area (Å²) in [6.45, 7) is 8.37. The minimum absolute atomic E-state index is 0.690. The molecule has 3 nitrogen and oxygen atoms in total. The second kappa shape index (κ2) is 4.05. The maximum atomic E-state index is 3.75. The number of hydrogen-bond acceptors (Lipinski definition) is 2. The molecule has 0 aromatic heterocycles. The van der Waals surface area contributed by atoms with Gasteiger partial charge in [0.05, 0.1) is 0 Å². The zero-order chi connectivity index (χ0) is 6.41. The number of nitrogens with one attached hydrogen (secondary N) is 1. The molecule has 0 rings (SSSR count). The van der Waals surface area contributed by atoms with Crippen molar-refractivity contribution in [1.29, 1.82) is 0 Å². The maximum absolute atomic E-state index is 3.75. The number of aliphatic imine (C=N–C) groups is 1. The van der Waals surface area contributed by atoms with E-state index in [0.717, 1.165) is 0 Å². The van der Waals surface area contributed by atoms with Crippen LogP contribution in [0.5, 0.6) is 0 Å². The molecule has 0 heterocycles. The summed E-state index contributed by atoms with van der Waals surface area (Å²) in [6.07, 6.45) is 1.44. The Labute approximate surface area is 48.8 Å². The van der Waals surface area contributed by atoms with Crippen molar-refractivity contribution in [3.05, 3.63) is 12.8 Å². The summed E-state index contributed by atoms with van der Waals surface area (Å²) < 4.78 is 0. The third kappa shape index (κ3) is 3.08. The van der Waals surface area contributed by atoms with Crippen molar-refractivity contribution < 1.29 is 0 Å². The summed E-state index contributed by atoms with van der Waals surface area (Å²) >= 11 is 0. The van der Waals surface area contributed by atoms with Crippen molar-refractivity contribution in [2.24, 2.45) is 10.1 Å². The molecule has 0 aromatic carbocycles. The molecule has 0 aliphatic rings. The van der Waals surface area contributed by atoms with Crippen LogP contribution in [0.15, 0.2) is 22.9 Å². The van der Waals surface area contributed by atoms with E-state index in [0.29, 0.717) is 5.84 Å². The fourth-order valence-electron chi connectivity index (χ4n) is 0.280. The van der Waals surface area contributed by atoms with Gasteiger partial charge in [0.2, 0.25) is 0 Å². The Hall–Kier alpha value is -1.12. The third-order valence-electron chi connectivity index (χ3n) is 0.526. The minimum Gasteiger partial charge on any atom is -0.266 e. The molecule has 8 heavy (non-hydrogen) atoms. The van der Waals surface area contributed by atoms with Gasteiger partial charge in [-0.25, -0.2) is 4.99 Å². The van der Waals surface area contributed by atoms with Gasteiger partial charge in [-0.2, -0.15) is 5.10 Å². The van der Waals surface area contributed by atoms with Gasteiger partial charge in [0.1, 0.15) is 5.84 Å². The van der Waals surface area contributed by atoms with Crippen LogP contribution in [0.3, 0.4) is 0 Å². The fourth-order valence-corrected chi connectivity index (χ4v) is 0.280. The van der Waals surface area contributed by atoms with Crippen molar-refractivity contribution >= 4 is 12.6 Å². The first kappa shape index (κ1) is 6.88. The Morgan fingerprint density at radius 2 is 2.38 bits per heavy atom. The van der Waals surface area contributed by atoms with Gasteiger partial charge in [-0.05, 0) is 6.92 Å². The van der Waals surface area contributed by atoms with Crippen LogP contribution in [0.4, 0.5) is 0 Å². The lowest BCUT2D eigenvalue weighted by Crippen LogP contribution is -2.11. The van der Waals surface area contributed by atoms with Crippen molar-refractivity contribution in [1.82, 2.24) is 5.43 Å². The summed E-state index contributed by atoms with van der Waals surface area (Å²) in [4.78, 5) is 3.75. The molecular formula is C5H9N3. The molecule has 0 unspecified atom stereocenters. The molecule has 0 aliphatic heterocycles. The normalized spacial score (nSPS) is 10.4. The second-order valence-electron chi connectivity index (χ2n) is 1.17. The third-order valence-corrected chi connectivity index (χ3v) is 0.526. The van der Waals surface area contributed by atoms with Crippen LogP contribution in [-0.2, 0) is 0 Å². The van der Waals surface area contributed by atoms with E-state index < -0.39 is 0 Å². The van der Waals surface area contributed by atoms with Crippen molar-refractivity contribution in [2.75, 3.05) is 0 Å². The number of rotatable bonds is 2. The molecule has 0 radical (unpaired) electrons. The first-order valence-corrected chi connectivity index (χ1v) is 2.18. The molecule has 0 saturated carbocycles. The Morgan fingerprint density at radius 3 is 2.75 bits per heavy atom. The van der Waals surface area contributed by atoms with Crippen molar-refractivity contribution in [3.63, 3.8) is 0 Å². The molecule has 0 fully saturated rings. The van der Waals surface area contributed by atoms with Gasteiger partial charge in [0, 0.05) is 12.9 Å². The molecule has 0 bridgehead atoms. The van der Waals surface area contributed by atoms with Crippen LogP contribution >= 0.6 is 0 Å². The van der Waals surface area contributed by atoms with E-state index in [9.17, 15) is 0 Å². The lowest BCUT2D eigenvalue weighted by molar-refractivity contribution is 1.03. The number of hydrazone groups is 1.